The Bertz CT molecular complexity index is 279. The Labute approximate surface area is 126 Å². The van der Waals surface area contributed by atoms with Gasteiger partial charge in [0.1, 0.15) is 0 Å². The summed E-state index contributed by atoms with van der Waals surface area (Å²) in [6.07, 6.45) is 7.00. The van der Waals surface area contributed by atoms with Crippen LogP contribution in [0.25, 0.3) is 0 Å². The van der Waals surface area contributed by atoms with Crippen LogP contribution in [0.3, 0.4) is 0 Å². The Kier molecular flexibility index (Phi) is 6.31. The van der Waals surface area contributed by atoms with Crippen LogP contribution in [0.5, 0.6) is 0 Å². The van der Waals surface area contributed by atoms with Crippen LogP contribution < -0.4 is 5.32 Å². The molecule has 0 aromatic carbocycles. The van der Waals surface area contributed by atoms with Gasteiger partial charge in [-0.3, -0.25) is 4.90 Å². The van der Waals surface area contributed by atoms with E-state index in [1.54, 1.807) is 0 Å². The fourth-order valence-corrected chi connectivity index (χ4v) is 4.30. The Morgan fingerprint density at radius 3 is 2.70 bits per heavy atom. The molecule has 20 heavy (non-hydrogen) atoms. The second-order valence-electron chi connectivity index (χ2n) is 7.40. The Morgan fingerprint density at radius 2 is 2.00 bits per heavy atom. The highest BCUT2D eigenvalue weighted by molar-refractivity contribution is 4.89. The van der Waals surface area contributed by atoms with Crippen LogP contribution in [0.15, 0.2) is 0 Å². The van der Waals surface area contributed by atoms with E-state index in [1.165, 1.54) is 51.7 Å². The molecule has 1 aliphatic carbocycles. The molecule has 0 amide bonds. The average molecular weight is 281 g/mol. The third-order valence-electron chi connectivity index (χ3n) is 5.25. The molecule has 0 bridgehead atoms. The summed E-state index contributed by atoms with van der Waals surface area (Å²) >= 11 is 0. The molecule has 3 heteroatoms. The van der Waals surface area contributed by atoms with Crippen LogP contribution >= 0.6 is 0 Å². The molecule has 1 N–H and O–H groups in total. The average Bonchev–Trinajstić information content (AvgIpc) is 2.79. The van der Waals surface area contributed by atoms with Gasteiger partial charge in [-0.05, 0) is 71.1 Å². The summed E-state index contributed by atoms with van der Waals surface area (Å²) in [5.41, 5.74) is 0. The zero-order valence-electron chi connectivity index (χ0n) is 14.1. The van der Waals surface area contributed by atoms with Gasteiger partial charge in [-0.2, -0.15) is 0 Å². The van der Waals surface area contributed by atoms with Crippen LogP contribution in [-0.2, 0) is 0 Å². The molecule has 1 heterocycles. The lowest BCUT2D eigenvalue weighted by atomic mass is 9.78. The van der Waals surface area contributed by atoms with E-state index in [4.69, 9.17) is 0 Å². The van der Waals surface area contributed by atoms with Crippen LogP contribution in [0.4, 0.5) is 0 Å². The van der Waals surface area contributed by atoms with Gasteiger partial charge >= 0.3 is 0 Å². The van der Waals surface area contributed by atoms with E-state index in [0.717, 1.165) is 30.5 Å². The molecule has 4 unspecified atom stereocenters. The number of nitrogens with one attached hydrogen (secondary N) is 1. The van der Waals surface area contributed by atoms with Gasteiger partial charge < -0.3 is 10.2 Å². The van der Waals surface area contributed by atoms with Gasteiger partial charge in [0.05, 0.1) is 0 Å². The molecule has 118 valence electrons. The maximum Gasteiger partial charge on any atom is 0.0223 e. The number of hydrogen-bond acceptors (Lipinski definition) is 3. The van der Waals surface area contributed by atoms with Gasteiger partial charge in [0.15, 0.2) is 0 Å². The maximum atomic E-state index is 3.75. The van der Waals surface area contributed by atoms with Crippen molar-refractivity contribution in [1.82, 2.24) is 15.1 Å². The van der Waals surface area contributed by atoms with Crippen molar-refractivity contribution in [3.8, 4) is 0 Å². The molecule has 0 aromatic rings. The summed E-state index contributed by atoms with van der Waals surface area (Å²) in [5, 5.41) is 3.75. The largest absolute Gasteiger partial charge is 0.314 e. The normalized spacial score (nSPS) is 35.9. The summed E-state index contributed by atoms with van der Waals surface area (Å²) in [7, 11) is 4.42. The zero-order chi connectivity index (χ0) is 14.5. The van der Waals surface area contributed by atoms with Crippen molar-refractivity contribution in [3.05, 3.63) is 0 Å². The molecule has 2 rings (SSSR count). The number of likely N-dealkylation sites (tertiary alicyclic amines) is 1. The summed E-state index contributed by atoms with van der Waals surface area (Å²) in [5.74, 6) is 1.78. The van der Waals surface area contributed by atoms with E-state index in [9.17, 15) is 0 Å². The van der Waals surface area contributed by atoms with Crippen molar-refractivity contribution < 1.29 is 0 Å². The third-order valence-corrected chi connectivity index (χ3v) is 5.25. The van der Waals surface area contributed by atoms with Gasteiger partial charge in [-0.1, -0.05) is 13.8 Å². The van der Waals surface area contributed by atoms with Crippen LogP contribution in [0, 0.1) is 11.8 Å². The van der Waals surface area contributed by atoms with E-state index in [-0.39, 0.29) is 0 Å². The highest BCUT2D eigenvalue weighted by atomic mass is 15.2. The lowest BCUT2D eigenvalue weighted by molar-refractivity contribution is 0.126. The van der Waals surface area contributed by atoms with Crippen molar-refractivity contribution >= 4 is 0 Å². The van der Waals surface area contributed by atoms with Crippen LogP contribution in [-0.4, -0.2) is 62.2 Å². The topological polar surface area (TPSA) is 18.5 Å². The fourth-order valence-electron chi connectivity index (χ4n) is 4.30. The van der Waals surface area contributed by atoms with Gasteiger partial charge in [0.25, 0.3) is 0 Å². The van der Waals surface area contributed by atoms with E-state index in [0.29, 0.717) is 0 Å². The van der Waals surface area contributed by atoms with E-state index < -0.39 is 0 Å². The quantitative estimate of drug-likeness (QED) is 0.807. The molecule has 1 saturated carbocycles. The minimum atomic E-state index is 0.761. The highest BCUT2D eigenvalue weighted by Crippen LogP contribution is 2.31. The summed E-state index contributed by atoms with van der Waals surface area (Å²) in [6, 6.07) is 1.56. The summed E-state index contributed by atoms with van der Waals surface area (Å²) in [6.45, 7) is 9.68. The first-order chi connectivity index (χ1) is 9.60. The first-order valence-electron chi connectivity index (χ1n) is 8.72. The molecule has 2 fully saturated rings. The lowest BCUT2D eigenvalue weighted by Gasteiger charge is -2.39. The summed E-state index contributed by atoms with van der Waals surface area (Å²) < 4.78 is 0. The molecule has 0 radical (unpaired) electrons. The lowest BCUT2D eigenvalue weighted by Crippen LogP contribution is -2.48. The molecule has 0 aromatic heterocycles. The van der Waals surface area contributed by atoms with Gasteiger partial charge in [0.2, 0.25) is 0 Å². The molecule has 0 spiro atoms. The van der Waals surface area contributed by atoms with Crippen molar-refractivity contribution in [2.75, 3.05) is 40.3 Å². The number of likely N-dealkylation sites (N-methyl/N-ethyl adjacent to an activating group) is 1. The van der Waals surface area contributed by atoms with E-state index >= 15 is 0 Å². The molecular weight excluding hydrogens is 246 g/mol. The number of nitrogens with zero attached hydrogens (tertiary/aromatic N) is 2. The highest BCUT2D eigenvalue weighted by Gasteiger charge is 2.33. The summed E-state index contributed by atoms with van der Waals surface area (Å²) in [4.78, 5) is 5.14. The molecule has 3 nitrogen and oxygen atoms in total. The molecule has 4 atom stereocenters. The monoisotopic (exact) mass is 281 g/mol. The number of hydrogen-bond donors (Lipinski definition) is 1. The van der Waals surface area contributed by atoms with E-state index in [2.05, 4.69) is 43.1 Å². The van der Waals surface area contributed by atoms with Crippen molar-refractivity contribution in [3.63, 3.8) is 0 Å². The van der Waals surface area contributed by atoms with Crippen molar-refractivity contribution in [1.29, 1.82) is 0 Å². The van der Waals surface area contributed by atoms with Gasteiger partial charge in [-0.15, -0.1) is 0 Å². The predicted octanol–water partition coefficient (Wildman–Crippen LogP) is 2.43. The van der Waals surface area contributed by atoms with Crippen LogP contribution in [0.1, 0.15) is 46.0 Å². The number of rotatable bonds is 6. The Morgan fingerprint density at radius 1 is 1.20 bits per heavy atom. The third kappa shape index (κ3) is 4.44. The second-order valence-corrected chi connectivity index (χ2v) is 7.40. The fraction of sp³-hybridized carbons (Fsp3) is 1.00. The maximum absolute atomic E-state index is 3.75. The van der Waals surface area contributed by atoms with Crippen molar-refractivity contribution in [2.24, 2.45) is 11.8 Å². The molecule has 1 saturated heterocycles. The minimum Gasteiger partial charge on any atom is -0.314 e. The minimum absolute atomic E-state index is 0.761. The molecule has 1 aliphatic heterocycles. The zero-order valence-corrected chi connectivity index (χ0v) is 14.1. The Balaban J connectivity index is 1.91. The SMILES string of the molecule is CCNC1CCC(C)CC1CN1CCCC1CN(C)C. The first-order valence-corrected chi connectivity index (χ1v) is 8.72. The van der Waals surface area contributed by atoms with Crippen molar-refractivity contribution in [2.45, 2.75) is 58.0 Å². The standard InChI is InChI=1S/C17H35N3/c1-5-18-17-9-8-14(2)11-15(17)12-20-10-6-7-16(20)13-19(3)4/h14-18H,5-13H2,1-4H3. The smallest absolute Gasteiger partial charge is 0.0223 e. The predicted molar refractivity (Wildman–Crippen MR) is 87.1 cm³/mol. The van der Waals surface area contributed by atoms with Gasteiger partial charge in [0, 0.05) is 25.2 Å². The first kappa shape index (κ1) is 16.3. The second kappa shape index (κ2) is 7.77. The van der Waals surface area contributed by atoms with E-state index in [1.807, 2.05) is 0 Å². The Hall–Kier alpha value is -0.120. The molecular formula is C17H35N3. The van der Waals surface area contributed by atoms with Crippen LogP contribution in [0.2, 0.25) is 0 Å². The molecule has 2 aliphatic rings. The van der Waals surface area contributed by atoms with Gasteiger partial charge in [-0.25, -0.2) is 0 Å².